The van der Waals surface area contributed by atoms with Crippen LogP contribution in [0.25, 0.3) is 0 Å². The van der Waals surface area contributed by atoms with E-state index < -0.39 is 0 Å². The molecular weight excluding hydrogens is 442 g/mol. The van der Waals surface area contributed by atoms with E-state index in [1.54, 1.807) is 0 Å². The number of ether oxygens (including phenoxy) is 2. The van der Waals surface area contributed by atoms with E-state index in [2.05, 4.69) is 68.7 Å². The Kier molecular flexibility index (Phi) is 6.52. The van der Waals surface area contributed by atoms with Crippen LogP contribution in [0.15, 0.2) is 30.3 Å². The van der Waals surface area contributed by atoms with Crippen LogP contribution >= 0.6 is 15.9 Å². The van der Waals surface area contributed by atoms with Gasteiger partial charge in [0.2, 0.25) is 0 Å². The summed E-state index contributed by atoms with van der Waals surface area (Å²) in [7, 11) is 1.84. The number of nitrogens with one attached hydrogen (secondary N) is 2. The van der Waals surface area contributed by atoms with E-state index in [1.165, 1.54) is 12.0 Å². The molecule has 0 radical (unpaired) electrons. The molecule has 6 heteroatoms. The smallest absolute Gasteiger partial charge is 0.109 e. The first-order valence-corrected chi connectivity index (χ1v) is 12.7. The Hall–Kier alpha value is -0.500. The van der Waals surface area contributed by atoms with Gasteiger partial charge in [0, 0.05) is 74.2 Å². The second-order valence-corrected chi connectivity index (χ2v) is 10.9. The number of hydrogen-bond donors (Lipinski definition) is 2. The first-order chi connectivity index (χ1) is 14.7. The lowest BCUT2D eigenvalue weighted by atomic mass is 9.81. The average molecular weight is 478 g/mol. The van der Waals surface area contributed by atoms with Gasteiger partial charge in [-0.15, -0.1) is 0 Å². The van der Waals surface area contributed by atoms with Crippen LogP contribution in [0.5, 0.6) is 0 Å². The van der Waals surface area contributed by atoms with Crippen LogP contribution in [-0.4, -0.2) is 67.0 Å². The highest BCUT2D eigenvalue weighted by atomic mass is 79.9. The summed E-state index contributed by atoms with van der Waals surface area (Å²) < 4.78 is 11.6. The quantitative estimate of drug-likeness (QED) is 0.651. The zero-order valence-electron chi connectivity index (χ0n) is 18.2. The number of methoxy groups -OCH3 is 1. The first-order valence-electron chi connectivity index (χ1n) is 11.7. The van der Waals surface area contributed by atoms with E-state index in [4.69, 9.17) is 9.47 Å². The summed E-state index contributed by atoms with van der Waals surface area (Å²) in [6.07, 6.45) is 4.70. The molecule has 0 aliphatic carbocycles. The number of fused-ring (bicyclic) bond motifs is 3. The van der Waals surface area contributed by atoms with Gasteiger partial charge in [0.15, 0.2) is 0 Å². The lowest BCUT2D eigenvalue weighted by molar-refractivity contribution is -0.0382. The van der Waals surface area contributed by atoms with Gasteiger partial charge in [-0.05, 0) is 37.7 Å². The fourth-order valence-electron chi connectivity index (χ4n) is 6.84. The second kappa shape index (κ2) is 9.16. The summed E-state index contributed by atoms with van der Waals surface area (Å²) in [6.45, 7) is 5.20. The predicted molar refractivity (Wildman–Crippen MR) is 123 cm³/mol. The Bertz CT molecular complexity index is 701. The Labute approximate surface area is 189 Å². The van der Waals surface area contributed by atoms with Gasteiger partial charge in [0.25, 0.3) is 0 Å². The van der Waals surface area contributed by atoms with Crippen molar-refractivity contribution in [2.24, 2.45) is 11.8 Å². The third-order valence-corrected chi connectivity index (χ3v) is 8.75. The van der Waals surface area contributed by atoms with E-state index in [0.717, 1.165) is 39.0 Å². The largest absolute Gasteiger partial charge is 0.381 e. The van der Waals surface area contributed by atoms with Gasteiger partial charge in [0.05, 0.1) is 0 Å². The summed E-state index contributed by atoms with van der Waals surface area (Å²) in [4.78, 5) is 3.47. The van der Waals surface area contributed by atoms with E-state index in [9.17, 15) is 0 Å². The zero-order valence-corrected chi connectivity index (χ0v) is 19.8. The number of benzene rings is 1. The minimum absolute atomic E-state index is 0.134. The molecule has 1 aromatic carbocycles. The van der Waals surface area contributed by atoms with Crippen molar-refractivity contribution in [1.29, 1.82) is 0 Å². The molecule has 0 amide bonds. The van der Waals surface area contributed by atoms with Gasteiger partial charge in [-0.25, -0.2) is 0 Å². The van der Waals surface area contributed by atoms with Crippen molar-refractivity contribution < 1.29 is 9.47 Å². The molecule has 5 rings (SSSR count). The SMILES string of the molecule is COC1CC2C(C(C)N1)C1NCC(Br)CC1N2[C@H](c1ccccc1)C1CCOCC1. The minimum Gasteiger partial charge on any atom is -0.381 e. The van der Waals surface area contributed by atoms with Gasteiger partial charge in [-0.1, -0.05) is 46.3 Å². The second-order valence-electron chi connectivity index (χ2n) is 9.65. The molecule has 2 N–H and O–H groups in total. The zero-order chi connectivity index (χ0) is 20.7. The molecule has 30 heavy (non-hydrogen) atoms. The molecule has 4 heterocycles. The van der Waals surface area contributed by atoms with Crippen LogP contribution in [0.4, 0.5) is 0 Å². The number of hydrogen-bond acceptors (Lipinski definition) is 5. The van der Waals surface area contributed by atoms with E-state index in [0.29, 0.717) is 46.9 Å². The number of halogens is 1. The minimum atomic E-state index is 0.134. The van der Waals surface area contributed by atoms with Crippen LogP contribution in [0.3, 0.4) is 0 Å². The number of nitrogens with zero attached hydrogens (tertiary/aromatic N) is 1. The molecule has 7 unspecified atom stereocenters. The molecule has 166 valence electrons. The summed E-state index contributed by atoms with van der Waals surface area (Å²) in [5.74, 6) is 1.25. The van der Waals surface area contributed by atoms with E-state index in [-0.39, 0.29) is 6.23 Å². The Morgan fingerprint density at radius 3 is 2.63 bits per heavy atom. The third-order valence-electron chi connectivity index (χ3n) is 8.05. The summed E-state index contributed by atoms with van der Waals surface area (Å²) in [5.41, 5.74) is 1.47. The van der Waals surface area contributed by atoms with E-state index >= 15 is 0 Å². The molecule has 4 aliphatic heterocycles. The molecule has 4 aliphatic rings. The van der Waals surface area contributed by atoms with Crippen LogP contribution in [0.2, 0.25) is 0 Å². The van der Waals surface area contributed by atoms with Crippen molar-refractivity contribution >= 4 is 15.9 Å². The molecule has 1 aromatic rings. The first kappa shape index (κ1) is 21.4. The Balaban J connectivity index is 1.56. The van der Waals surface area contributed by atoms with Crippen molar-refractivity contribution in [3.8, 4) is 0 Å². The number of rotatable bonds is 4. The molecule has 0 aromatic heterocycles. The highest BCUT2D eigenvalue weighted by Crippen LogP contribution is 2.49. The maximum atomic E-state index is 5.84. The standard InChI is InChI=1S/C24H36BrN3O2/c1-15-22-19(13-21(27-15)29-2)28(20-12-18(25)14-26-23(20)22)24(16-6-4-3-5-7-16)17-8-10-30-11-9-17/h3-7,15,17-24,26-27H,8-14H2,1-2H3/t15?,18?,19?,20?,21?,22?,23?,24-/m1/s1. The van der Waals surface area contributed by atoms with Gasteiger partial charge >= 0.3 is 0 Å². The van der Waals surface area contributed by atoms with Crippen molar-refractivity contribution in [1.82, 2.24) is 15.5 Å². The number of likely N-dealkylation sites (tertiary alicyclic amines) is 1. The lowest BCUT2D eigenvalue weighted by Gasteiger charge is -2.47. The molecule has 5 nitrogen and oxygen atoms in total. The molecular formula is C24H36BrN3O2. The monoisotopic (exact) mass is 477 g/mol. The highest BCUT2D eigenvalue weighted by Gasteiger charge is 2.57. The van der Waals surface area contributed by atoms with E-state index in [1.807, 2.05) is 7.11 Å². The fourth-order valence-corrected chi connectivity index (χ4v) is 7.41. The summed E-state index contributed by atoms with van der Waals surface area (Å²) in [6, 6.07) is 13.8. The molecule has 0 spiro atoms. The molecule has 0 saturated carbocycles. The lowest BCUT2D eigenvalue weighted by Crippen LogP contribution is -2.58. The van der Waals surface area contributed by atoms with Crippen molar-refractivity contribution in [3.63, 3.8) is 0 Å². The summed E-state index contributed by atoms with van der Waals surface area (Å²) in [5, 5.41) is 7.68. The van der Waals surface area contributed by atoms with Gasteiger partial charge in [0.1, 0.15) is 6.23 Å². The highest BCUT2D eigenvalue weighted by molar-refractivity contribution is 9.09. The Morgan fingerprint density at radius 1 is 1.13 bits per heavy atom. The molecule has 8 atom stereocenters. The summed E-state index contributed by atoms with van der Waals surface area (Å²) >= 11 is 3.94. The fraction of sp³-hybridized carbons (Fsp3) is 0.750. The molecule has 4 fully saturated rings. The van der Waals surface area contributed by atoms with Crippen molar-refractivity contribution in [2.45, 2.75) is 73.9 Å². The maximum absolute atomic E-state index is 5.84. The normalized spacial score (nSPS) is 41.2. The number of piperidine rings is 2. The average Bonchev–Trinajstić information content (AvgIpc) is 3.09. The van der Waals surface area contributed by atoms with Crippen LogP contribution in [-0.2, 0) is 9.47 Å². The number of alkyl halides is 1. The molecule has 0 bridgehead atoms. The predicted octanol–water partition coefficient (Wildman–Crippen LogP) is 3.30. The van der Waals surface area contributed by atoms with Gasteiger partial charge in [-0.3, -0.25) is 10.2 Å². The van der Waals surface area contributed by atoms with Gasteiger partial charge < -0.3 is 14.8 Å². The molecule has 4 saturated heterocycles. The van der Waals surface area contributed by atoms with Gasteiger partial charge in [-0.2, -0.15) is 0 Å². The van der Waals surface area contributed by atoms with Crippen LogP contribution in [0.1, 0.15) is 44.2 Å². The van der Waals surface area contributed by atoms with Crippen molar-refractivity contribution in [2.75, 3.05) is 26.9 Å². The maximum Gasteiger partial charge on any atom is 0.109 e. The topological polar surface area (TPSA) is 45.8 Å². The van der Waals surface area contributed by atoms with Crippen LogP contribution in [0, 0.1) is 11.8 Å². The third kappa shape index (κ3) is 3.89. The van der Waals surface area contributed by atoms with Crippen LogP contribution < -0.4 is 10.6 Å². The Morgan fingerprint density at radius 2 is 1.90 bits per heavy atom. The van der Waals surface area contributed by atoms with Crippen molar-refractivity contribution in [3.05, 3.63) is 35.9 Å².